The lowest BCUT2D eigenvalue weighted by molar-refractivity contribution is 0.596. The standard InChI is InChI=1S/C7H11N3O2/c8-3-1-5-10-6(11)2-4-9-7(10)12/h2,4H,1,3,5,8H2,(H,9,12). The Kier molecular flexibility index (Phi) is 2.82. The van der Waals surface area contributed by atoms with Crippen LogP contribution in [0.3, 0.4) is 0 Å². The van der Waals surface area contributed by atoms with E-state index in [1.165, 1.54) is 12.3 Å². The molecule has 0 aliphatic carbocycles. The van der Waals surface area contributed by atoms with Gasteiger partial charge in [0.25, 0.3) is 5.56 Å². The summed E-state index contributed by atoms with van der Waals surface area (Å²) in [4.78, 5) is 24.5. The van der Waals surface area contributed by atoms with Crippen LogP contribution in [0.1, 0.15) is 6.42 Å². The highest BCUT2D eigenvalue weighted by molar-refractivity contribution is 4.82. The van der Waals surface area contributed by atoms with Crippen molar-refractivity contribution in [2.45, 2.75) is 13.0 Å². The van der Waals surface area contributed by atoms with E-state index in [0.717, 1.165) is 4.57 Å². The molecule has 1 aromatic rings. The van der Waals surface area contributed by atoms with Crippen LogP contribution in [0.15, 0.2) is 21.9 Å². The predicted octanol–water partition coefficient (Wildman–Crippen LogP) is -1.11. The molecule has 12 heavy (non-hydrogen) atoms. The molecule has 0 fully saturated rings. The number of aromatic nitrogens is 2. The van der Waals surface area contributed by atoms with Crippen LogP contribution in [0.25, 0.3) is 0 Å². The molecule has 0 amide bonds. The number of hydrogen-bond donors (Lipinski definition) is 2. The van der Waals surface area contributed by atoms with Crippen molar-refractivity contribution in [1.82, 2.24) is 9.55 Å². The highest BCUT2D eigenvalue weighted by atomic mass is 16.2. The summed E-state index contributed by atoms with van der Waals surface area (Å²) in [5.41, 5.74) is 4.59. The number of H-pyrrole nitrogens is 1. The van der Waals surface area contributed by atoms with Gasteiger partial charge in [0.2, 0.25) is 0 Å². The highest BCUT2D eigenvalue weighted by Gasteiger charge is 1.97. The van der Waals surface area contributed by atoms with Crippen LogP contribution in [0.2, 0.25) is 0 Å². The zero-order valence-corrected chi connectivity index (χ0v) is 6.62. The van der Waals surface area contributed by atoms with Gasteiger partial charge in [0.05, 0.1) is 0 Å². The molecule has 5 heteroatoms. The van der Waals surface area contributed by atoms with E-state index in [9.17, 15) is 9.59 Å². The molecule has 0 aromatic carbocycles. The summed E-state index contributed by atoms with van der Waals surface area (Å²) in [6, 6.07) is 1.32. The van der Waals surface area contributed by atoms with Crippen molar-refractivity contribution in [2.75, 3.05) is 6.54 Å². The van der Waals surface area contributed by atoms with Crippen LogP contribution < -0.4 is 17.0 Å². The first-order chi connectivity index (χ1) is 5.75. The van der Waals surface area contributed by atoms with E-state index in [1.807, 2.05) is 0 Å². The van der Waals surface area contributed by atoms with Gasteiger partial charge in [-0.05, 0) is 13.0 Å². The van der Waals surface area contributed by atoms with Crippen LogP contribution in [0.4, 0.5) is 0 Å². The molecule has 0 atom stereocenters. The fourth-order valence-corrected chi connectivity index (χ4v) is 0.913. The molecule has 0 radical (unpaired) electrons. The Morgan fingerprint density at radius 2 is 2.25 bits per heavy atom. The third kappa shape index (κ3) is 1.82. The zero-order chi connectivity index (χ0) is 8.97. The third-order valence-corrected chi connectivity index (χ3v) is 1.53. The summed E-state index contributed by atoms with van der Waals surface area (Å²) >= 11 is 0. The van der Waals surface area contributed by atoms with E-state index >= 15 is 0 Å². The summed E-state index contributed by atoms with van der Waals surface area (Å²) < 4.78 is 1.13. The number of rotatable bonds is 3. The van der Waals surface area contributed by atoms with Gasteiger partial charge in [-0.15, -0.1) is 0 Å². The van der Waals surface area contributed by atoms with Gasteiger partial charge in [-0.2, -0.15) is 0 Å². The summed E-state index contributed by atoms with van der Waals surface area (Å²) in [6.45, 7) is 0.853. The minimum absolute atomic E-state index is 0.285. The first-order valence-corrected chi connectivity index (χ1v) is 3.74. The second-order valence-electron chi connectivity index (χ2n) is 2.41. The second kappa shape index (κ2) is 3.87. The van der Waals surface area contributed by atoms with Gasteiger partial charge in [-0.1, -0.05) is 0 Å². The Labute approximate surface area is 68.8 Å². The van der Waals surface area contributed by atoms with Crippen LogP contribution in [0.5, 0.6) is 0 Å². The average molecular weight is 169 g/mol. The van der Waals surface area contributed by atoms with Crippen LogP contribution in [0, 0.1) is 0 Å². The van der Waals surface area contributed by atoms with Gasteiger partial charge in [-0.3, -0.25) is 9.36 Å². The van der Waals surface area contributed by atoms with Crippen molar-refractivity contribution < 1.29 is 0 Å². The molecule has 1 aromatic heterocycles. The summed E-state index contributed by atoms with van der Waals surface area (Å²) in [5.74, 6) is 0. The Hall–Kier alpha value is -1.36. The normalized spacial score (nSPS) is 10.1. The Bertz CT molecular complexity index is 324. The zero-order valence-electron chi connectivity index (χ0n) is 6.62. The molecule has 66 valence electrons. The van der Waals surface area contributed by atoms with E-state index in [-0.39, 0.29) is 11.2 Å². The van der Waals surface area contributed by atoms with Gasteiger partial charge >= 0.3 is 5.69 Å². The maximum Gasteiger partial charge on any atom is 0.328 e. The topological polar surface area (TPSA) is 80.9 Å². The first kappa shape index (κ1) is 8.73. The fourth-order valence-electron chi connectivity index (χ4n) is 0.913. The molecular weight excluding hydrogens is 158 g/mol. The van der Waals surface area contributed by atoms with Gasteiger partial charge in [0.1, 0.15) is 0 Å². The second-order valence-corrected chi connectivity index (χ2v) is 2.41. The number of nitrogens with one attached hydrogen (secondary N) is 1. The largest absolute Gasteiger partial charge is 0.330 e. The van der Waals surface area contributed by atoms with E-state index < -0.39 is 0 Å². The average Bonchev–Trinajstić information content (AvgIpc) is 2.04. The minimum atomic E-state index is -0.379. The number of aromatic amines is 1. The Morgan fingerprint density at radius 3 is 2.83 bits per heavy atom. The SMILES string of the molecule is NCCCn1c(=O)cc[nH]c1=O. The van der Waals surface area contributed by atoms with E-state index in [2.05, 4.69) is 4.98 Å². The first-order valence-electron chi connectivity index (χ1n) is 3.74. The predicted molar refractivity (Wildman–Crippen MR) is 45.0 cm³/mol. The lowest BCUT2D eigenvalue weighted by atomic mass is 10.4. The molecular formula is C7H11N3O2. The molecule has 0 spiro atoms. The monoisotopic (exact) mass is 169 g/mol. The van der Waals surface area contributed by atoms with Crippen molar-refractivity contribution >= 4 is 0 Å². The highest BCUT2D eigenvalue weighted by Crippen LogP contribution is 1.77. The third-order valence-electron chi connectivity index (χ3n) is 1.53. The Morgan fingerprint density at radius 1 is 1.50 bits per heavy atom. The van der Waals surface area contributed by atoms with Crippen LogP contribution in [-0.4, -0.2) is 16.1 Å². The van der Waals surface area contributed by atoms with E-state index in [4.69, 9.17) is 5.73 Å². The summed E-state index contributed by atoms with van der Waals surface area (Å²) in [5, 5.41) is 0. The van der Waals surface area contributed by atoms with Gasteiger partial charge in [0.15, 0.2) is 0 Å². The van der Waals surface area contributed by atoms with Crippen molar-refractivity contribution in [3.63, 3.8) is 0 Å². The number of hydrogen-bond acceptors (Lipinski definition) is 3. The van der Waals surface area contributed by atoms with Crippen LogP contribution >= 0.6 is 0 Å². The molecule has 1 heterocycles. The summed E-state index contributed by atoms with van der Waals surface area (Å²) in [7, 11) is 0. The molecule has 1 rings (SSSR count). The van der Waals surface area contributed by atoms with Crippen molar-refractivity contribution in [3.05, 3.63) is 33.1 Å². The van der Waals surface area contributed by atoms with Gasteiger partial charge < -0.3 is 10.7 Å². The molecule has 0 bridgehead atoms. The molecule has 5 nitrogen and oxygen atoms in total. The molecule has 0 aliphatic heterocycles. The number of nitrogens with two attached hydrogens (primary N) is 1. The quantitative estimate of drug-likeness (QED) is 0.601. The summed E-state index contributed by atoms with van der Waals surface area (Å²) in [6.07, 6.45) is 1.97. The smallest absolute Gasteiger partial charge is 0.328 e. The molecule has 0 saturated heterocycles. The maximum atomic E-state index is 11.0. The lowest BCUT2D eigenvalue weighted by Gasteiger charge is -2.00. The van der Waals surface area contributed by atoms with Crippen molar-refractivity contribution in [2.24, 2.45) is 5.73 Å². The maximum absolute atomic E-state index is 11.0. The fraction of sp³-hybridized carbons (Fsp3) is 0.429. The van der Waals surface area contributed by atoms with Crippen molar-refractivity contribution in [3.8, 4) is 0 Å². The molecule has 0 saturated carbocycles. The van der Waals surface area contributed by atoms with Gasteiger partial charge in [0, 0.05) is 18.8 Å². The Balaban J connectivity index is 2.97. The lowest BCUT2D eigenvalue weighted by Crippen LogP contribution is -2.34. The molecule has 0 unspecified atom stereocenters. The van der Waals surface area contributed by atoms with E-state index in [0.29, 0.717) is 19.5 Å². The van der Waals surface area contributed by atoms with Gasteiger partial charge in [-0.25, -0.2) is 4.79 Å². The minimum Gasteiger partial charge on any atom is -0.330 e. The molecule has 0 aliphatic rings. The van der Waals surface area contributed by atoms with Crippen molar-refractivity contribution in [1.29, 1.82) is 0 Å². The van der Waals surface area contributed by atoms with Crippen LogP contribution in [-0.2, 0) is 6.54 Å². The number of nitrogens with zero attached hydrogens (tertiary/aromatic N) is 1. The molecule has 3 N–H and O–H groups in total. The van der Waals surface area contributed by atoms with E-state index in [1.54, 1.807) is 0 Å².